The summed E-state index contributed by atoms with van der Waals surface area (Å²) in [5.74, 6) is 0.968. The summed E-state index contributed by atoms with van der Waals surface area (Å²) in [7, 11) is 1.83. The maximum Gasteiger partial charge on any atom is 0.322 e. The minimum absolute atomic E-state index is 0.0682. The number of anilines is 3. The number of piperazine rings is 1. The molecule has 1 aliphatic rings. The molecule has 0 bridgehead atoms. The fraction of sp³-hybridized carbons (Fsp3) is 0.438. The highest BCUT2D eigenvalue weighted by Crippen LogP contribution is 2.28. The Morgan fingerprint density at radius 1 is 1.37 bits per heavy atom. The monoisotopic (exact) mass is 387 g/mol. The zero-order chi connectivity index (χ0) is 19.1. The first kappa shape index (κ1) is 17.5. The molecule has 0 radical (unpaired) electrons. The molecule has 3 aromatic heterocycles. The lowest BCUT2D eigenvalue weighted by molar-refractivity contribution is 0.200. The molecule has 1 fully saturated rings. The van der Waals surface area contributed by atoms with Crippen LogP contribution in [0.2, 0.25) is 0 Å². The number of nitrogens with two attached hydrogens (primary N) is 1. The van der Waals surface area contributed by atoms with Gasteiger partial charge in [0.2, 0.25) is 5.95 Å². The predicted molar refractivity (Wildman–Crippen MR) is 105 cm³/mol. The van der Waals surface area contributed by atoms with Gasteiger partial charge >= 0.3 is 6.03 Å². The fourth-order valence-electron chi connectivity index (χ4n) is 3.34. The first-order valence-electron chi connectivity index (χ1n) is 8.62. The van der Waals surface area contributed by atoms with Crippen molar-refractivity contribution in [3.63, 3.8) is 0 Å². The topological polar surface area (TPSA) is 118 Å². The zero-order valence-corrected chi connectivity index (χ0v) is 16.2. The number of nitrogens with zero attached hydrogens (tertiary/aromatic N) is 7. The van der Waals surface area contributed by atoms with E-state index >= 15 is 0 Å². The van der Waals surface area contributed by atoms with Crippen molar-refractivity contribution in [3.8, 4) is 0 Å². The second-order valence-electron chi connectivity index (χ2n) is 6.63. The van der Waals surface area contributed by atoms with Gasteiger partial charge in [0.15, 0.2) is 10.6 Å². The molecule has 2 amide bonds. The largest absolute Gasteiger partial charge is 0.368 e. The minimum Gasteiger partial charge on any atom is -0.368 e. The molecule has 1 atom stereocenters. The zero-order valence-electron chi connectivity index (χ0n) is 15.4. The summed E-state index contributed by atoms with van der Waals surface area (Å²) in [6.45, 7) is 5.72. The van der Waals surface area contributed by atoms with E-state index < -0.39 is 0 Å². The molecule has 0 saturated carbocycles. The summed E-state index contributed by atoms with van der Waals surface area (Å²) >= 11 is 1.44. The van der Waals surface area contributed by atoms with Crippen molar-refractivity contribution < 1.29 is 4.79 Å². The maximum atomic E-state index is 12.6. The van der Waals surface area contributed by atoms with Crippen LogP contribution < -0.4 is 16.0 Å². The quantitative estimate of drug-likeness (QED) is 0.683. The molecule has 142 valence electrons. The van der Waals surface area contributed by atoms with Crippen molar-refractivity contribution in [2.24, 2.45) is 7.05 Å². The van der Waals surface area contributed by atoms with Gasteiger partial charge in [-0.2, -0.15) is 10.1 Å². The maximum absolute atomic E-state index is 12.6. The van der Waals surface area contributed by atoms with E-state index in [1.807, 2.05) is 14.0 Å². The standard InChI is InChI=1S/C16H21N9OS/c1-9-6-24(16(26)19-11-7-23(3)22-10(11)2)4-5-25(9)13-12-14(27-8-18-12)21-15(17)20-13/h7-9H,4-6H2,1-3H3,(H,19,26)(H2,17,20,21)/t9-/m0/s1. The number of rotatable bonds is 2. The molecular formula is C16H21N9OS. The normalized spacial score (nSPS) is 17.5. The molecule has 0 spiro atoms. The van der Waals surface area contributed by atoms with Crippen LogP contribution in [0.3, 0.4) is 0 Å². The Hall–Kier alpha value is -2.95. The van der Waals surface area contributed by atoms with Gasteiger partial charge in [-0.15, -0.1) is 11.3 Å². The third-order valence-electron chi connectivity index (χ3n) is 4.64. The number of nitrogens with one attached hydrogen (secondary N) is 1. The van der Waals surface area contributed by atoms with E-state index in [2.05, 4.69) is 37.2 Å². The first-order valence-corrected chi connectivity index (χ1v) is 9.50. The van der Waals surface area contributed by atoms with Gasteiger partial charge in [-0.1, -0.05) is 0 Å². The fourth-order valence-corrected chi connectivity index (χ4v) is 4.00. The van der Waals surface area contributed by atoms with Crippen LogP contribution in [0.25, 0.3) is 10.3 Å². The summed E-state index contributed by atoms with van der Waals surface area (Å²) in [5, 5.41) is 7.19. The van der Waals surface area contributed by atoms with Crippen molar-refractivity contribution in [2.45, 2.75) is 19.9 Å². The number of aryl methyl sites for hydroxylation is 2. The Morgan fingerprint density at radius 2 is 2.19 bits per heavy atom. The van der Waals surface area contributed by atoms with E-state index in [4.69, 9.17) is 5.73 Å². The van der Waals surface area contributed by atoms with Gasteiger partial charge in [0, 0.05) is 38.9 Å². The van der Waals surface area contributed by atoms with Crippen LogP contribution in [0.15, 0.2) is 11.7 Å². The summed E-state index contributed by atoms with van der Waals surface area (Å²) < 4.78 is 1.68. The summed E-state index contributed by atoms with van der Waals surface area (Å²) in [4.78, 5) is 30.4. The van der Waals surface area contributed by atoms with Crippen molar-refractivity contribution >= 4 is 45.2 Å². The molecule has 27 heavy (non-hydrogen) atoms. The highest BCUT2D eigenvalue weighted by molar-refractivity contribution is 7.16. The number of thiazole rings is 1. The highest BCUT2D eigenvalue weighted by Gasteiger charge is 2.30. The van der Waals surface area contributed by atoms with Gasteiger partial charge in [0.05, 0.1) is 16.9 Å². The number of hydrogen-bond donors (Lipinski definition) is 2. The Balaban J connectivity index is 1.50. The van der Waals surface area contributed by atoms with Crippen molar-refractivity contribution in [1.82, 2.24) is 29.6 Å². The predicted octanol–water partition coefficient (Wildman–Crippen LogP) is 1.45. The molecule has 1 aliphatic heterocycles. The minimum atomic E-state index is -0.126. The van der Waals surface area contributed by atoms with Gasteiger partial charge in [0.1, 0.15) is 5.52 Å². The van der Waals surface area contributed by atoms with Gasteiger partial charge < -0.3 is 20.9 Å². The van der Waals surface area contributed by atoms with E-state index in [0.717, 1.165) is 27.5 Å². The van der Waals surface area contributed by atoms with Gasteiger partial charge in [-0.25, -0.2) is 14.8 Å². The number of nitrogen functional groups attached to an aromatic ring is 1. The Bertz CT molecular complexity index is 997. The van der Waals surface area contributed by atoms with Crippen LogP contribution in [0.1, 0.15) is 12.6 Å². The van der Waals surface area contributed by atoms with E-state index in [0.29, 0.717) is 19.6 Å². The van der Waals surface area contributed by atoms with Gasteiger partial charge in [0.25, 0.3) is 0 Å². The average Bonchev–Trinajstić information content (AvgIpc) is 3.20. The van der Waals surface area contributed by atoms with Crippen molar-refractivity contribution in [3.05, 3.63) is 17.4 Å². The Labute approximate surface area is 160 Å². The van der Waals surface area contributed by atoms with E-state index in [-0.39, 0.29) is 18.0 Å². The van der Waals surface area contributed by atoms with E-state index in [9.17, 15) is 4.79 Å². The lowest BCUT2D eigenvalue weighted by Crippen LogP contribution is -2.55. The number of aromatic nitrogens is 5. The number of hydrogen-bond acceptors (Lipinski definition) is 8. The van der Waals surface area contributed by atoms with Crippen LogP contribution in [0, 0.1) is 6.92 Å². The van der Waals surface area contributed by atoms with E-state index in [1.54, 1.807) is 21.3 Å². The third kappa shape index (κ3) is 3.25. The SMILES string of the molecule is Cc1nn(C)cc1NC(=O)N1CCN(c2nc(N)nc3scnc23)[C@@H](C)C1. The smallest absolute Gasteiger partial charge is 0.322 e. The lowest BCUT2D eigenvalue weighted by atomic mass is 10.2. The molecule has 10 nitrogen and oxygen atoms in total. The molecule has 4 heterocycles. The van der Waals surface area contributed by atoms with Crippen LogP contribution in [0.5, 0.6) is 0 Å². The molecule has 4 rings (SSSR count). The number of fused-ring (bicyclic) bond motifs is 1. The molecule has 3 aromatic rings. The van der Waals surface area contributed by atoms with Crippen LogP contribution in [0.4, 0.5) is 22.2 Å². The number of amides is 2. The highest BCUT2D eigenvalue weighted by atomic mass is 32.1. The Morgan fingerprint density at radius 3 is 2.89 bits per heavy atom. The van der Waals surface area contributed by atoms with Crippen molar-refractivity contribution in [2.75, 3.05) is 35.6 Å². The molecular weight excluding hydrogens is 366 g/mol. The van der Waals surface area contributed by atoms with Crippen molar-refractivity contribution in [1.29, 1.82) is 0 Å². The number of carbonyl (C=O) groups excluding carboxylic acids is 1. The van der Waals surface area contributed by atoms with Crippen LogP contribution in [-0.4, -0.2) is 61.3 Å². The molecule has 0 aromatic carbocycles. The second kappa shape index (κ2) is 6.65. The third-order valence-corrected chi connectivity index (χ3v) is 5.36. The molecule has 0 unspecified atom stereocenters. The van der Waals surface area contributed by atoms with Crippen LogP contribution >= 0.6 is 11.3 Å². The number of urea groups is 1. The lowest BCUT2D eigenvalue weighted by Gasteiger charge is -2.40. The van der Waals surface area contributed by atoms with Crippen LogP contribution in [-0.2, 0) is 7.05 Å². The molecule has 3 N–H and O–H groups in total. The van der Waals surface area contributed by atoms with Gasteiger partial charge in [-0.3, -0.25) is 4.68 Å². The molecule has 11 heteroatoms. The van der Waals surface area contributed by atoms with E-state index in [1.165, 1.54) is 11.3 Å². The molecule has 0 aliphatic carbocycles. The first-order chi connectivity index (χ1) is 12.9. The summed E-state index contributed by atoms with van der Waals surface area (Å²) in [5.41, 5.74) is 9.88. The average molecular weight is 387 g/mol. The Kier molecular flexibility index (Phi) is 4.30. The van der Waals surface area contributed by atoms with Gasteiger partial charge in [-0.05, 0) is 13.8 Å². The molecule has 1 saturated heterocycles. The second-order valence-corrected chi connectivity index (χ2v) is 7.47. The summed E-state index contributed by atoms with van der Waals surface area (Å²) in [6, 6.07) is -0.0581. The number of carbonyl (C=O) groups is 1. The summed E-state index contributed by atoms with van der Waals surface area (Å²) in [6.07, 6.45) is 1.80.